The van der Waals surface area contributed by atoms with Crippen LogP contribution in [-0.2, 0) is 6.42 Å². The van der Waals surface area contributed by atoms with E-state index in [1.807, 2.05) is 19.9 Å². The molecule has 0 fully saturated rings. The van der Waals surface area contributed by atoms with Gasteiger partial charge in [-0.15, -0.1) is 0 Å². The van der Waals surface area contributed by atoms with Crippen molar-refractivity contribution < 1.29 is 0 Å². The molecule has 0 spiro atoms. The van der Waals surface area contributed by atoms with Gasteiger partial charge in [0.2, 0.25) is 0 Å². The molecule has 0 radical (unpaired) electrons. The van der Waals surface area contributed by atoms with Crippen LogP contribution in [0.1, 0.15) is 25.8 Å². The molecule has 0 aliphatic carbocycles. The van der Waals surface area contributed by atoms with Crippen molar-refractivity contribution in [2.24, 2.45) is 10.7 Å². The van der Waals surface area contributed by atoms with Crippen molar-refractivity contribution in [3.63, 3.8) is 0 Å². The molecule has 0 bridgehead atoms. The quantitative estimate of drug-likeness (QED) is 0.451. The standard InChI is InChI=1S/C13H21N3/c1-11(2)16-13(14)15-10-6-9-12-7-4-3-5-8-12/h3-5,7-8,11H,6,9-10H2,1-2H3,(H3,14,15,16). The van der Waals surface area contributed by atoms with Gasteiger partial charge in [0, 0.05) is 12.6 Å². The van der Waals surface area contributed by atoms with Crippen molar-refractivity contribution in [3.05, 3.63) is 35.9 Å². The minimum atomic E-state index is 0.345. The van der Waals surface area contributed by atoms with Gasteiger partial charge in [-0.05, 0) is 32.3 Å². The molecule has 3 heteroatoms. The summed E-state index contributed by atoms with van der Waals surface area (Å²) in [6.45, 7) is 4.87. The van der Waals surface area contributed by atoms with Gasteiger partial charge in [0.1, 0.15) is 0 Å². The first-order chi connectivity index (χ1) is 7.68. The molecular weight excluding hydrogens is 198 g/mol. The summed E-state index contributed by atoms with van der Waals surface area (Å²) in [7, 11) is 0. The summed E-state index contributed by atoms with van der Waals surface area (Å²) in [5.74, 6) is 0.545. The van der Waals surface area contributed by atoms with Crippen LogP contribution in [0.15, 0.2) is 35.3 Å². The number of aliphatic imine (C=N–C) groups is 1. The first-order valence-electron chi connectivity index (χ1n) is 5.79. The molecule has 0 saturated carbocycles. The first-order valence-corrected chi connectivity index (χ1v) is 5.79. The lowest BCUT2D eigenvalue weighted by molar-refractivity contribution is 0.719. The number of hydrogen-bond acceptors (Lipinski definition) is 1. The number of nitrogens with one attached hydrogen (secondary N) is 1. The third kappa shape index (κ3) is 5.39. The van der Waals surface area contributed by atoms with E-state index >= 15 is 0 Å². The molecule has 0 unspecified atom stereocenters. The second-order valence-corrected chi connectivity index (χ2v) is 4.16. The monoisotopic (exact) mass is 219 g/mol. The Morgan fingerprint density at radius 1 is 1.31 bits per heavy atom. The Bertz CT molecular complexity index is 317. The SMILES string of the molecule is CC(C)NC(N)=NCCCc1ccccc1. The van der Waals surface area contributed by atoms with Gasteiger partial charge in [-0.1, -0.05) is 30.3 Å². The molecule has 88 valence electrons. The highest BCUT2D eigenvalue weighted by molar-refractivity contribution is 5.77. The zero-order chi connectivity index (χ0) is 11.8. The van der Waals surface area contributed by atoms with Gasteiger partial charge in [-0.2, -0.15) is 0 Å². The molecule has 0 aromatic heterocycles. The van der Waals surface area contributed by atoms with Crippen LogP contribution < -0.4 is 11.1 Å². The number of nitrogens with zero attached hydrogens (tertiary/aromatic N) is 1. The zero-order valence-corrected chi connectivity index (χ0v) is 10.1. The van der Waals surface area contributed by atoms with Crippen LogP contribution in [0.25, 0.3) is 0 Å². The van der Waals surface area contributed by atoms with Crippen molar-refractivity contribution in [1.29, 1.82) is 0 Å². The van der Waals surface area contributed by atoms with Gasteiger partial charge in [-0.3, -0.25) is 4.99 Å². The first kappa shape index (κ1) is 12.6. The Morgan fingerprint density at radius 2 is 2.00 bits per heavy atom. The Hall–Kier alpha value is -1.51. The van der Waals surface area contributed by atoms with Crippen LogP contribution >= 0.6 is 0 Å². The van der Waals surface area contributed by atoms with E-state index in [1.54, 1.807) is 0 Å². The molecule has 0 aliphatic rings. The molecule has 1 aromatic carbocycles. The third-order valence-electron chi connectivity index (χ3n) is 2.19. The molecule has 3 nitrogen and oxygen atoms in total. The van der Waals surface area contributed by atoms with Gasteiger partial charge in [0.25, 0.3) is 0 Å². The summed E-state index contributed by atoms with van der Waals surface area (Å²) in [6.07, 6.45) is 2.09. The van der Waals surface area contributed by atoms with Crippen molar-refractivity contribution in [2.75, 3.05) is 6.54 Å². The number of rotatable bonds is 5. The van der Waals surface area contributed by atoms with E-state index in [-0.39, 0.29) is 0 Å². The van der Waals surface area contributed by atoms with Crippen LogP contribution in [0, 0.1) is 0 Å². The fourth-order valence-corrected chi connectivity index (χ4v) is 1.47. The maximum atomic E-state index is 5.69. The molecule has 0 heterocycles. The van der Waals surface area contributed by atoms with Gasteiger partial charge in [0.05, 0.1) is 0 Å². The van der Waals surface area contributed by atoms with E-state index in [0.717, 1.165) is 19.4 Å². The number of hydrogen-bond donors (Lipinski definition) is 2. The highest BCUT2D eigenvalue weighted by Gasteiger charge is 1.95. The molecule has 0 atom stereocenters. The summed E-state index contributed by atoms with van der Waals surface area (Å²) < 4.78 is 0. The number of aryl methyl sites for hydroxylation is 1. The van der Waals surface area contributed by atoms with E-state index in [0.29, 0.717) is 12.0 Å². The Morgan fingerprint density at radius 3 is 2.62 bits per heavy atom. The smallest absolute Gasteiger partial charge is 0.188 e. The number of benzene rings is 1. The average molecular weight is 219 g/mol. The Labute approximate surface area is 97.8 Å². The van der Waals surface area contributed by atoms with Crippen molar-refractivity contribution in [3.8, 4) is 0 Å². The molecule has 0 saturated heterocycles. The Kier molecular flexibility index (Phi) is 5.40. The predicted octanol–water partition coefficient (Wildman–Crippen LogP) is 1.93. The van der Waals surface area contributed by atoms with E-state index in [2.05, 4.69) is 34.6 Å². The lowest BCUT2D eigenvalue weighted by atomic mass is 10.1. The van der Waals surface area contributed by atoms with E-state index in [9.17, 15) is 0 Å². The summed E-state index contributed by atoms with van der Waals surface area (Å²) in [4.78, 5) is 4.26. The Balaban J connectivity index is 2.21. The number of nitrogens with two attached hydrogens (primary N) is 1. The molecule has 16 heavy (non-hydrogen) atoms. The molecule has 3 N–H and O–H groups in total. The third-order valence-corrected chi connectivity index (χ3v) is 2.19. The van der Waals surface area contributed by atoms with Gasteiger partial charge >= 0.3 is 0 Å². The minimum Gasteiger partial charge on any atom is -0.370 e. The van der Waals surface area contributed by atoms with Gasteiger partial charge < -0.3 is 11.1 Å². The average Bonchev–Trinajstić information content (AvgIpc) is 2.25. The van der Waals surface area contributed by atoms with Crippen LogP contribution in [-0.4, -0.2) is 18.5 Å². The largest absolute Gasteiger partial charge is 0.370 e. The van der Waals surface area contributed by atoms with E-state index in [4.69, 9.17) is 5.73 Å². The molecular formula is C13H21N3. The van der Waals surface area contributed by atoms with Crippen molar-refractivity contribution in [2.45, 2.75) is 32.7 Å². The summed E-state index contributed by atoms with van der Waals surface area (Å²) in [5, 5.41) is 3.07. The lowest BCUT2D eigenvalue weighted by Gasteiger charge is -2.08. The van der Waals surface area contributed by atoms with Crippen LogP contribution in [0.4, 0.5) is 0 Å². The minimum absolute atomic E-state index is 0.345. The maximum Gasteiger partial charge on any atom is 0.188 e. The summed E-state index contributed by atoms with van der Waals surface area (Å²) >= 11 is 0. The fourth-order valence-electron chi connectivity index (χ4n) is 1.47. The molecule has 1 aromatic rings. The zero-order valence-electron chi connectivity index (χ0n) is 10.1. The highest BCUT2D eigenvalue weighted by atomic mass is 15.1. The second kappa shape index (κ2) is 6.88. The van der Waals surface area contributed by atoms with E-state index < -0.39 is 0 Å². The van der Waals surface area contributed by atoms with Crippen molar-refractivity contribution >= 4 is 5.96 Å². The van der Waals surface area contributed by atoms with E-state index in [1.165, 1.54) is 5.56 Å². The fraction of sp³-hybridized carbons (Fsp3) is 0.462. The predicted molar refractivity (Wildman–Crippen MR) is 69.5 cm³/mol. The number of guanidine groups is 1. The lowest BCUT2D eigenvalue weighted by Crippen LogP contribution is -2.36. The normalized spacial score (nSPS) is 11.8. The molecule has 0 aliphatic heterocycles. The highest BCUT2D eigenvalue weighted by Crippen LogP contribution is 2.01. The molecule has 0 amide bonds. The van der Waals surface area contributed by atoms with Crippen LogP contribution in [0.2, 0.25) is 0 Å². The summed E-state index contributed by atoms with van der Waals surface area (Å²) in [5.41, 5.74) is 7.05. The van der Waals surface area contributed by atoms with Gasteiger partial charge in [0.15, 0.2) is 5.96 Å². The molecule has 1 rings (SSSR count). The van der Waals surface area contributed by atoms with Crippen molar-refractivity contribution in [1.82, 2.24) is 5.32 Å². The maximum absolute atomic E-state index is 5.69. The van der Waals surface area contributed by atoms with Gasteiger partial charge in [-0.25, -0.2) is 0 Å². The van der Waals surface area contributed by atoms with Crippen LogP contribution in [0.3, 0.4) is 0 Å². The van der Waals surface area contributed by atoms with Crippen LogP contribution in [0.5, 0.6) is 0 Å². The topological polar surface area (TPSA) is 50.4 Å². The summed E-state index contributed by atoms with van der Waals surface area (Å²) in [6, 6.07) is 10.8. The second-order valence-electron chi connectivity index (χ2n) is 4.16.